The number of hydrogen-bond donors (Lipinski definition) is 1. The van der Waals surface area contributed by atoms with Crippen molar-refractivity contribution in [2.45, 2.75) is 13.8 Å². The predicted octanol–water partition coefficient (Wildman–Crippen LogP) is 5.96. The van der Waals surface area contributed by atoms with Gasteiger partial charge in [0.15, 0.2) is 5.82 Å². The van der Waals surface area contributed by atoms with Crippen molar-refractivity contribution in [1.29, 1.82) is 0 Å². The molecule has 0 spiro atoms. The van der Waals surface area contributed by atoms with Crippen molar-refractivity contribution >= 4 is 22.4 Å². The van der Waals surface area contributed by atoms with Gasteiger partial charge in [-0.1, -0.05) is 66.7 Å². The van der Waals surface area contributed by atoms with E-state index in [4.69, 9.17) is 0 Å². The van der Waals surface area contributed by atoms with Crippen molar-refractivity contribution in [3.63, 3.8) is 0 Å². The predicted molar refractivity (Wildman–Crippen MR) is 128 cm³/mol. The van der Waals surface area contributed by atoms with Crippen LogP contribution in [-0.4, -0.2) is 20.7 Å². The first-order valence-electron chi connectivity index (χ1n) is 10.5. The number of aryl methyl sites for hydroxylation is 2. The molecule has 0 atom stereocenters. The minimum absolute atomic E-state index is 0.121. The van der Waals surface area contributed by atoms with Crippen LogP contribution in [0.2, 0.25) is 0 Å². The minimum Gasteiger partial charge on any atom is -0.319 e. The third kappa shape index (κ3) is 3.76. The molecule has 5 nitrogen and oxygen atoms in total. The van der Waals surface area contributed by atoms with Gasteiger partial charge in [-0.25, -0.2) is 9.67 Å². The number of benzene rings is 4. The first-order valence-corrected chi connectivity index (χ1v) is 10.5. The molecule has 0 aliphatic carbocycles. The van der Waals surface area contributed by atoms with E-state index in [1.807, 2.05) is 78.9 Å². The van der Waals surface area contributed by atoms with Gasteiger partial charge in [0.05, 0.1) is 5.69 Å². The fraction of sp³-hybridized carbons (Fsp3) is 0.0741. The third-order valence-electron chi connectivity index (χ3n) is 5.58. The standard InChI is InChI=1S/C27H22N4O/c1-18-12-15-24(16-19(18)2)31-26(21-9-4-3-5-10-21)29-25(30-31)27(32)28-23-14-13-20-8-6-7-11-22(20)17-23/h3-17H,1-2H3,(H,28,32). The summed E-state index contributed by atoms with van der Waals surface area (Å²) >= 11 is 0. The van der Waals surface area contributed by atoms with Gasteiger partial charge < -0.3 is 5.32 Å². The monoisotopic (exact) mass is 418 g/mol. The summed E-state index contributed by atoms with van der Waals surface area (Å²) in [6.07, 6.45) is 0. The van der Waals surface area contributed by atoms with Gasteiger partial charge in [-0.3, -0.25) is 4.79 Å². The first-order chi connectivity index (χ1) is 15.6. The van der Waals surface area contributed by atoms with Gasteiger partial charge in [0.25, 0.3) is 5.91 Å². The van der Waals surface area contributed by atoms with E-state index < -0.39 is 0 Å². The lowest BCUT2D eigenvalue weighted by Crippen LogP contribution is -2.14. The lowest BCUT2D eigenvalue weighted by Gasteiger charge is -2.08. The highest BCUT2D eigenvalue weighted by Gasteiger charge is 2.19. The summed E-state index contributed by atoms with van der Waals surface area (Å²) in [5.41, 5.74) is 4.81. The molecule has 0 saturated heterocycles. The molecule has 0 unspecified atom stereocenters. The fourth-order valence-corrected chi connectivity index (χ4v) is 3.67. The van der Waals surface area contributed by atoms with Gasteiger partial charge in [-0.05, 0) is 60.0 Å². The molecule has 156 valence electrons. The van der Waals surface area contributed by atoms with Crippen molar-refractivity contribution in [2.24, 2.45) is 0 Å². The average Bonchev–Trinajstić information content (AvgIpc) is 3.27. The normalized spacial score (nSPS) is 10.9. The minimum atomic E-state index is -0.347. The molecule has 32 heavy (non-hydrogen) atoms. The van der Waals surface area contributed by atoms with Gasteiger partial charge in [0.1, 0.15) is 0 Å². The molecule has 4 aromatic carbocycles. The second kappa shape index (κ2) is 8.12. The lowest BCUT2D eigenvalue weighted by atomic mass is 10.1. The number of fused-ring (bicyclic) bond motifs is 1. The maximum Gasteiger partial charge on any atom is 0.295 e. The average molecular weight is 419 g/mol. The van der Waals surface area contributed by atoms with Crippen molar-refractivity contribution in [2.75, 3.05) is 5.32 Å². The van der Waals surface area contributed by atoms with Crippen LogP contribution in [0.4, 0.5) is 5.69 Å². The smallest absolute Gasteiger partial charge is 0.295 e. The Kier molecular flexibility index (Phi) is 5.00. The molecule has 1 heterocycles. The number of anilines is 1. The highest BCUT2D eigenvalue weighted by molar-refractivity contribution is 6.03. The molecular weight excluding hydrogens is 396 g/mol. The fourth-order valence-electron chi connectivity index (χ4n) is 3.67. The van der Waals surface area contributed by atoms with Crippen molar-refractivity contribution in [1.82, 2.24) is 14.8 Å². The summed E-state index contributed by atoms with van der Waals surface area (Å²) < 4.78 is 1.73. The molecule has 5 aromatic rings. The highest BCUT2D eigenvalue weighted by atomic mass is 16.2. The molecule has 1 aromatic heterocycles. The van der Waals surface area contributed by atoms with E-state index in [0.717, 1.165) is 27.6 Å². The van der Waals surface area contributed by atoms with Gasteiger partial charge in [0.2, 0.25) is 5.82 Å². The SMILES string of the molecule is Cc1ccc(-n2nc(C(=O)Nc3ccc4ccccc4c3)nc2-c2ccccc2)cc1C. The Labute approximate surface area is 186 Å². The molecular formula is C27H22N4O. The second-order valence-corrected chi connectivity index (χ2v) is 7.82. The zero-order valence-electron chi connectivity index (χ0n) is 17.9. The van der Waals surface area contributed by atoms with E-state index in [2.05, 4.69) is 41.4 Å². The van der Waals surface area contributed by atoms with Gasteiger partial charge in [-0.15, -0.1) is 5.10 Å². The Morgan fingerprint density at radius 2 is 1.53 bits per heavy atom. The van der Waals surface area contributed by atoms with E-state index >= 15 is 0 Å². The number of hydrogen-bond acceptors (Lipinski definition) is 3. The molecule has 0 fully saturated rings. The van der Waals surface area contributed by atoms with E-state index in [1.54, 1.807) is 4.68 Å². The zero-order valence-corrected chi connectivity index (χ0v) is 17.9. The number of rotatable bonds is 4. The van der Waals surface area contributed by atoms with Crippen molar-refractivity contribution in [3.05, 3.63) is 108 Å². The number of carbonyl (C=O) groups is 1. The Hall–Kier alpha value is -4.25. The van der Waals surface area contributed by atoms with Crippen LogP contribution in [0, 0.1) is 13.8 Å². The van der Waals surface area contributed by atoms with Gasteiger partial charge >= 0.3 is 0 Å². The quantitative estimate of drug-likeness (QED) is 0.392. The van der Waals surface area contributed by atoms with E-state index in [9.17, 15) is 4.79 Å². The van der Waals surface area contributed by atoms with Crippen LogP contribution < -0.4 is 5.32 Å². The molecule has 0 saturated carbocycles. The lowest BCUT2D eigenvalue weighted by molar-refractivity contribution is 0.101. The number of aromatic nitrogens is 3. The number of amides is 1. The number of carbonyl (C=O) groups excluding carboxylic acids is 1. The van der Waals surface area contributed by atoms with Crippen LogP contribution in [0.5, 0.6) is 0 Å². The molecule has 0 aliphatic rings. The Morgan fingerprint density at radius 3 is 2.31 bits per heavy atom. The van der Waals surface area contributed by atoms with Crippen molar-refractivity contribution < 1.29 is 4.79 Å². The molecule has 0 bridgehead atoms. The zero-order chi connectivity index (χ0) is 22.1. The topological polar surface area (TPSA) is 59.8 Å². The van der Waals surface area contributed by atoms with Crippen molar-refractivity contribution in [3.8, 4) is 17.1 Å². The molecule has 1 amide bonds. The van der Waals surface area contributed by atoms with Crippen LogP contribution >= 0.6 is 0 Å². The Morgan fingerprint density at radius 1 is 0.781 bits per heavy atom. The largest absolute Gasteiger partial charge is 0.319 e. The van der Waals surface area contributed by atoms with E-state index in [0.29, 0.717) is 11.5 Å². The van der Waals surface area contributed by atoms with Crippen LogP contribution in [0.1, 0.15) is 21.7 Å². The van der Waals surface area contributed by atoms with E-state index in [-0.39, 0.29) is 11.7 Å². The molecule has 5 rings (SSSR count). The summed E-state index contributed by atoms with van der Waals surface area (Å²) in [5, 5.41) is 9.70. The summed E-state index contributed by atoms with van der Waals surface area (Å²) in [7, 11) is 0. The summed E-state index contributed by atoms with van der Waals surface area (Å²) in [5.74, 6) is 0.396. The number of nitrogens with one attached hydrogen (secondary N) is 1. The molecule has 5 heteroatoms. The van der Waals surface area contributed by atoms with Crippen LogP contribution in [0.3, 0.4) is 0 Å². The van der Waals surface area contributed by atoms with Gasteiger partial charge in [-0.2, -0.15) is 0 Å². The third-order valence-corrected chi connectivity index (χ3v) is 5.58. The molecule has 1 N–H and O–H groups in total. The maximum absolute atomic E-state index is 13.0. The van der Waals surface area contributed by atoms with Crippen LogP contribution in [0.15, 0.2) is 91.0 Å². The van der Waals surface area contributed by atoms with Gasteiger partial charge in [0, 0.05) is 11.3 Å². The number of nitrogens with zero attached hydrogens (tertiary/aromatic N) is 3. The summed E-state index contributed by atoms with van der Waals surface area (Å²) in [6.45, 7) is 4.13. The van der Waals surface area contributed by atoms with Crippen LogP contribution in [-0.2, 0) is 0 Å². The van der Waals surface area contributed by atoms with Crippen LogP contribution in [0.25, 0.3) is 27.8 Å². The summed E-state index contributed by atoms with van der Waals surface area (Å²) in [6, 6.07) is 29.7. The Balaban J connectivity index is 1.54. The second-order valence-electron chi connectivity index (χ2n) is 7.82. The Bertz CT molecular complexity index is 1440. The molecule has 0 aliphatic heterocycles. The summed E-state index contributed by atoms with van der Waals surface area (Å²) in [4.78, 5) is 17.7. The first kappa shape index (κ1) is 19.7. The van der Waals surface area contributed by atoms with E-state index in [1.165, 1.54) is 5.56 Å². The molecule has 0 radical (unpaired) electrons. The highest BCUT2D eigenvalue weighted by Crippen LogP contribution is 2.24. The maximum atomic E-state index is 13.0.